The zero-order chi connectivity index (χ0) is 23.5. The van der Waals surface area contributed by atoms with E-state index < -0.39 is 0 Å². The van der Waals surface area contributed by atoms with Gasteiger partial charge >= 0.3 is 0 Å². The average Bonchev–Trinajstić information content (AvgIpc) is 3.32. The molecule has 0 atom stereocenters. The summed E-state index contributed by atoms with van der Waals surface area (Å²) >= 11 is 0. The molecule has 3 aromatic carbocycles. The molecular formula is C27H26N6O. The number of hydrazone groups is 1. The van der Waals surface area contributed by atoms with Gasteiger partial charge in [-0.05, 0) is 73.2 Å². The summed E-state index contributed by atoms with van der Waals surface area (Å²) in [7, 11) is 0. The Morgan fingerprint density at radius 1 is 1.03 bits per heavy atom. The fraction of sp³-hybridized carbons (Fsp3) is 0.222. The smallest absolute Gasteiger partial charge is 0.267 e. The summed E-state index contributed by atoms with van der Waals surface area (Å²) in [6.07, 6.45) is 2.97. The Hall–Kier alpha value is -4.13. The normalized spacial score (nSPS) is 14.1. The molecule has 0 saturated carbocycles. The zero-order valence-corrected chi connectivity index (χ0v) is 19.3. The van der Waals surface area contributed by atoms with Gasteiger partial charge < -0.3 is 0 Å². The molecule has 0 saturated heterocycles. The van der Waals surface area contributed by atoms with Crippen molar-refractivity contribution in [1.29, 1.82) is 0 Å². The first-order valence-corrected chi connectivity index (χ1v) is 11.5. The van der Waals surface area contributed by atoms with Crippen LogP contribution in [0.5, 0.6) is 0 Å². The van der Waals surface area contributed by atoms with Crippen LogP contribution in [0.15, 0.2) is 71.8 Å². The number of benzene rings is 3. The van der Waals surface area contributed by atoms with Gasteiger partial charge in [0.25, 0.3) is 5.91 Å². The first-order chi connectivity index (χ1) is 16.6. The molecule has 7 heteroatoms. The molecule has 0 spiro atoms. The molecule has 1 heterocycles. The van der Waals surface area contributed by atoms with Crippen molar-refractivity contribution in [2.45, 2.75) is 39.7 Å². The molecule has 1 aromatic heterocycles. The third-order valence-electron chi connectivity index (χ3n) is 6.09. The number of fused-ring (bicyclic) bond motifs is 1. The fourth-order valence-corrected chi connectivity index (χ4v) is 4.39. The summed E-state index contributed by atoms with van der Waals surface area (Å²) in [6, 6.07) is 21.5. The van der Waals surface area contributed by atoms with E-state index >= 15 is 0 Å². The van der Waals surface area contributed by atoms with Crippen LogP contribution in [-0.2, 0) is 13.0 Å². The Balaban J connectivity index is 1.25. The quantitative estimate of drug-likeness (QED) is 0.455. The van der Waals surface area contributed by atoms with Crippen LogP contribution in [0.1, 0.15) is 51.0 Å². The second kappa shape index (κ2) is 9.39. The molecule has 0 fully saturated rings. The lowest BCUT2D eigenvalue weighted by Crippen LogP contribution is -2.22. The predicted octanol–water partition coefficient (Wildman–Crippen LogP) is 4.48. The van der Waals surface area contributed by atoms with Gasteiger partial charge in [0, 0.05) is 16.7 Å². The standard InChI is InChI=1S/C27H26N6O/c1-18-15-19(2)23-9-6-10-25(24(23)16-18)28-30-27(34)22-13-11-20(12-14-22)17-33-31-26(29-32-33)21-7-4-3-5-8-21/h3-5,7-8,11-16H,6,9-10,17H2,1-2H3,(H,30,34)/b28-25+. The lowest BCUT2D eigenvalue weighted by Gasteiger charge is -2.20. The minimum Gasteiger partial charge on any atom is -0.267 e. The highest BCUT2D eigenvalue weighted by Gasteiger charge is 2.18. The molecule has 0 unspecified atom stereocenters. The Bertz CT molecular complexity index is 1360. The molecule has 34 heavy (non-hydrogen) atoms. The van der Waals surface area contributed by atoms with E-state index in [4.69, 9.17) is 0 Å². The molecule has 5 rings (SSSR count). The van der Waals surface area contributed by atoms with E-state index in [2.05, 4.69) is 51.9 Å². The first kappa shape index (κ1) is 21.7. The minimum absolute atomic E-state index is 0.221. The Morgan fingerprint density at radius 2 is 1.82 bits per heavy atom. The number of aromatic nitrogens is 4. The van der Waals surface area contributed by atoms with Crippen molar-refractivity contribution in [3.05, 3.63) is 100 Å². The van der Waals surface area contributed by atoms with Gasteiger partial charge in [-0.3, -0.25) is 4.79 Å². The number of nitrogens with zero attached hydrogens (tertiary/aromatic N) is 5. The molecule has 1 aliphatic carbocycles. The van der Waals surface area contributed by atoms with Gasteiger partial charge in [-0.2, -0.15) is 9.90 Å². The van der Waals surface area contributed by atoms with Gasteiger partial charge in [0.2, 0.25) is 5.82 Å². The van der Waals surface area contributed by atoms with E-state index in [0.29, 0.717) is 17.9 Å². The highest BCUT2D eigenvalue weighted by atomic mass is 16.2. The van der Waals surface area contributed by atoms with Crippen molar-refractivity contribution in [2.75, 3.05) is 0 Å². The monoisotopic (exact) mass is 450 g/mol. The highest BCUT2D eigenvalue weighted by molar-refractivity contribution is 6.04. The van der Waals surface area contributed by atoms with Gasteiger partial charge in [-0.25, -0.2) is 5.43 Å². The van der Waals surface area contributed by atoms with Crippen LogP contribution in [0, 0.1) is 13.8 Å². The third-order valence-corrected chi connectivity index (χ3v) is 6.09. The number of hydrogen-bond acceptors (Lipinski definition) is 5. The summed E-state index contributed by atoms with van der Waals surface area (Å²) in [4.78, 5) is 14.3. The SMILES string of the molecule is Cc1cc(C)c2c(c1)/C(=N/NC(=O)c1ccc(Cn3nnc(-c4ccccc4)n3)cc1)CCC2. The van der Waals surface area contributed by atoms with Crippen LogP contribution in [-0.4, -0.2) is 31.8 Å². The van der Waals surface area contributed by atoms with Gasteiger partial charge in [0.05, 0.1) is 12.3 Å². The van der Waals surface area contributed by atoms with Crippen LogP contribution in [0.25, 0.3) is 11.4 Å². The van der Waals surface area contributed by atoms with E-state index in [0.717, 1.165) is 41.7 Å². The van der Waals surface area contributed by atoms with E-state index in [1.165, 1.54) is 16.7 Å². The van der Waals surface area contributed by atoms with Crippen molar-refractivity contribution >= 4 is 11.6 Å². The molecule has 0 aliphatic heterocycles. The largest absolute Gasteiger partial charge is 0.271 e. The van der Waals surface area contributed by atoms with Crippen molar-refractivity contribution < 1.29 is 4.79 Å². The van der Waals surface area contributed by atoms with Gasteiger partial charge in [-0.15, -0.1) is 10.2 Å². The number of tetrazole rings is 1. The van der Waals surface area contributed by atoms with Crippen LogP contribution < -0.4 is 5.43 Å². The van der Waals surface area contributed by atoms with E-state index in [-0.39, 0.29) is 5.91 Å². The number of aryl methyl sites for hydroxylation is 2. The van der Waals surface area contributed by atoms with E-state index in [9.17, 15) is 4.79 Å². The van der Waals surface area contributed by atoms with Crippen molar-refractivity contribution in [3.63, 3.8) is 0 Å². The average molecular weight is 451 g/mol. The molecular weight excluding hydrogens is 424 g/mol. The van der Waals surface area contributed by atoms with Crippen molar-refractivity contribution in [2.24, 2.45) is 5.10 Å². The molecule has 170 valence electrons. The summed E-state index contributed by atoms with van der Waals surface area (Å²) in [6.45, 7) is 4.71. The molecule has 1 N–H and O–H groups in total. The summed E-state index contributed by atoms with van der Waals surface area (Å²) in [5.41, 5.74) is 11.2. The van der Waals surface area contributed by atoms with E-state index in [1.807, 2.05) is 42.5 Å². The van der Waals surface area contributed by atoms with Crippen molar-refractivity contribution in [3.8, 4) is 11.4 Å². The number of carbonyl (C=O) groups is 1. The maximum Gasteiger partial charge on any atom is 0.271 e. The minimum atomic E-state index is -0.221. The van der Waals surface area contributed by atoms with Crippen molar-refractivity contribution in [1.82, 2.24) is 25.6 Å². The maximum atomic E-state index is 12.7. The van der Waals surface area contributed by atoms with Crippen LogP contribution in [0.3, 0.4) is 0 Å². The summed E-state index contributed by atoms with van der Waals surface area (Å²) in [5.74, 6) is 0.367. The third kappa shape index (κ3) is 4.64. The zero-order valence-electron chi connectivity index (χ0n) is 19.3. The van der Waals surface area contributed by atoms with Crippen LogP contribution >= 0.6 is 0 Å². The number of carbonyl (C=O) groups excluding carboxylic acids is 1. The van der Waals surface area contributed by atoms with Gasteiger partial charge in [0.1, 0.15) is 0 Å². The number of hydrogen-bond donors (Lipinski definition) is 1. The molecule has 0 radical (unpaired) electrons. The molecule has 4 aromatic rings. The lowest BCUT2D eigenvalue weighted by atomic mass is 9.86. The fourth-order valence-electron chi connectivity index (χ4n) is 4.39. The molecule has 7 nitrogen and oxygen atoms in total. The summed E-state index contributed by atoms with van der Waals surface area (Å²) in [5, 5.41) is 17.2. The lowest BCUT2D eigenvalue weighted by molar-refractivity contribution is 0.0954. The Labute approximate surface area is 198 Å². The highest BCUT2D eigenvalue weighted by Crippen LogP contribution is 2.26. The second-order valence-corrected chi connectivity index (χ2v) is 8.67. The van der Waals surface area contributed by atoms with E-state index in [1.54, 1.807) is 16.9 Å². The molecule has 0 bridgehead atoms. The second-order valence-electron chi connectivity index (χ2n) is 8.67. The van der Waals surface area contributed by atoms with Gasteiger partial charge in [0.15, 0.2) is 0 Å². The van der Waals surface area contributed by atoms with Gasteiger partial charge in [-0.1, -0.05) is 54.1 Å². The molecule has 1 amide bonds. The summed E-state index contributed by atoms with van der Waals surface area (Å²) < 4.78 is 0. The Morgan fingerprint density at radius 3 is 2.62 bits per heavy atom. The number of rotatable bonds is 5. The molecule has 1 aliphatic rings. The Kier molecular flexibility index (Phi) is 5.99. The predicted molar refractivity (Wildman–Crippen MR) is 132 cm³/mol. The number of amides is 1. The first-order valence-electron chi connectivity index (χ1n) is 11.5. The maximum absolute atomic E-state index is 12.7. The topological polar surface area (TPSA) is 85.1 Å². The van der Waals surface area contributed by atoms with Crippen LogP contribution in [0.2, 0.25) is 0 Å². The number of nitrogens with one attached hydrogen (secondary N) is 1. The van der Waals surface area contributed by atoms with Crippen LogP contribution in [0.4, 0.5) is 0 Å².